The van der Waals surface area contributed by atoms with Crippen LogP contribution < -0.4 is 16.6 Å². The van der Waals surface area contributed by atoms with Crippen molar-refractivity contribution in [3.05, 3.63) is 0 Å². The molecule has 1 aliphatic rings. The summed E-state index contributed by atoms with van der Waals surface area (Å²) < 4.78 is 0. The van der Waals surface area contributed by atoms with Gasteiger partial charge < -0.3 is 5.73 Å². The van der Waals surface area contributed by atoms with Gasteiger partial charge in [0, 0.05) is 6.04 Å². The average Bonchev–Trinajstić information content (AvgIpc) is 2.01. The van der Waals surface area contributed by atoms with Gasteiger partial charge in [0.15, 0.2) is 0 Å². The van der Waals surface area contributed by atoms with Gasteiger partial charge in [-0.15, -0.1) is 0 Å². The van der Waals surface area contributed by atoms with Crippen molar-refractivity contribution < 1.29 is 4.79 Å². The molecule has 1 fully saturated rings. The van der Waals surface area contributed by atoms with Gasteiger partial charge in [-0.3, -0.25) is 5.43 Å². The number of carbonyl (C=O) groups is 1. The Kier molecular flexibility index (Phi) is 4.60. The molecule has 76 valence electrons. The van der Waals surface area contributed by atoms with Gasteiger partial charge in [0.25, 0.3) is 0 Å². The molecule has 0 unspecified atom stereocenters. The van der Waals surface area contributed by atoms with Crippen molar-refractivity contribution in [1.29, 1.82) is 0 Å². The number of hydrogen-bond acceptors (Lipinski definition) is 2. The summed E-state index contributed by atoms with van der Waals surface area (Å²) in [6.45, 7) is 0. The number of hydrazine groups is 1. The molecule has 1 rings (SSSR count). The lowest BCUT2D eigenvalue weighted by molar-refractivity contribution is 0.239. The van der Waals surface area contributed by atoms with E-state index in [0.29, 0.717) is 6.04 Å². The molecule has 0 heterocycles. The van der Waals surface area contributed by atoms with Gasteiger partial charge in [0.1, 0.15) is 0 Å². The standard InChI is InChI=1S/C9H19N3O/c10-9(13)12-11-8-6-4-2-1-3-5-7-8/h8,11H,1-7H2,(H3,10,12,13). The molecule has 2 amide bonds. The van der Waals surface area contributed by atoms with Crippen LogP contribution in [0, 0.1) is 0 Å². The van der Waals surface area contributed by atoms with Crippen LogP contribution in [0.3, 0.4) is 0 Å². The predicted molar refractivity (Wildman–Crippen MR) is 52.0 cm³/mol. The molecule has 0 atom stereocenters. The third-order valence-electron chi connectivity index (χ3n) is 2.50. The van der Waals surface area contributed by atoms with Gasteiger partial charge >= 0.3 is 6.03 Å². The van der Waals surface area contributed by atoms with E-state index in [1.807, 2.05) is 0 Å². The molecule has 0 bridgehead atoms. The Hall–Kier alpha value is -0.770. The fraction of sp³-hybridized carbons (Fsp3) is 0.889. The van der Waals surface area contributed by atoms with Gasteiger partial charge in [-0.2, -0.15) is 0 Å². The number of carbonyl (C=O) groups excluding carboxylic acids is 1. The summed E-state index contributed by atoms with van der Waals surface area (Å²) in [6, 6.07) is -0.0881. The minimum atomic E-state index is -0.498. The number of hydrogen-bond donors (Lipinski definition) is 3. The highest BCUT2D eigenvalue weighted by Crippen LogP contribution is 2.16. The van der Waals surface area contributed by atoms with E-state index in [1.165, 1.54) is 32.1 Å². The molecule has 0 aromatic heterocycles. The van der Waals surface area contributed by atoms with Gasteiger partial charge in [0.2, 0.25) is 0 Å². The van der Waals surface area contributed by atoms with E-state index in [2.05, 4.69) is 10.9 Å². The number of primary amides is 1. The largest absolute Gasteiger partial charge is 0.351 e. The van der Waals surface area contributed by atoms with E-state index >= 15 is 0 Å². The smallest absolute Gasteiger partial charge is 0.326 e. The molecule has 0 aliphatic heterocycles. The van der Waals surface area contributed by atoms with Crippen molar-refractivity contribution in [2.75, 3.05) is 0 Å². The second-order valence-electron chi connectivity index (χ2n) is 3.68. The van der Waals surface area contributed by atoms with Crippen LogP contribution in [0.25, 0.3) is 0 Å². The quantitative estimate of drug-likeness (QED) is 0.567. The second kappa shape index (κ2) is 5.80. The van der Waals surface area contributed by atoms with Crippen molar-refractivity contribution in [3.8, 4) is 0 Å². The van der Waals surface area contributed by atoms with E-state index in [4.69, 9.17) is 5.73 Å². The molecule has 0 saturated heterocycles. The lowest BCUT2D eigenvalue weighted by Crippen LogP contribution is -2.46. The Morgan fingerprint density at radius 1 is 1.08 bits per heavy atom. The summed E-state index contributed by atoms with van der Waals surface area (Å²) in [5.74, 6) is 0. The normalized spacial score (nSPS) is 20.3. The molecule has 4 N–H and O–H groups in total. The SMILES string of the molecule is NC(=O)NNC1CCCCCCC1. The number of amides is 2. The van der Waals surface area contributed by atoms with Gasteiger partial charge in [-0.05, 0) is 12.8 Å². The zero-order valence-corrected chi connectivity index (χ0v) is 8.01. The third-order valence-corrected chi connectivity index (χ3v) is 2.50. The molecule has 0 radical (unpaired) electrons. The summed E-state index contributed by atoms with van der Waals surface area (Å²) in [7, 11) is 0. The van der Waals surface area contributed by atoms with Crippen LogP contribution in [0.1, 0.15) is 44.9 Å². The van der Waals surface area contributed by atoms with E-state index in [1.54, 1.807) is 0 Å². The summed E-state index contributed by atoms with van der Waals surface area (Å²) >= 11 is 0. The summed E-state index contributed by atoms with van der Waals surface area (Å²) in [5, 5.41) is 0. The highest BCUT2D eigenvalue weighted by molar-refractivity contribution is 5.70. The Bertz CT molecular complexity index is 153. The molecule has 13 heavy (non-hydrogen) atoms. The molecule has 4 nitrogen and oxygen atoms in total. The zero-order valence-electron chi connectivity index (χ0n) is 8.01. The summed E-state index contributed by atoms with van der Waals surface area (Å²) in [5.41, 5.74) is 10.4. The van der Waals surface area contributed by atoms with Crippen LogP contribution in [0.15, 0.2) is 0 Å². The van der Waals surface area contributed by atoms with Crippen molar-refractivity contribution in [3.63, 3.8) is 0 Å². The van der Waals surface area contributed by atoms with Crippen LogP contribution >= 0.6 is 0 Å². The minimum Gasteiger partial charge on any atom is -0.351 e. The Morgan fingerprint density at radius 2 is 1.62 bits per heavy atom. The fourth-order valence-electron chi connectivity index (χ4n) is 1.77. The van der Waals surface area contributed by atoms with Crippen LogP contribution in [0.2, 0.25) is 0 Å². The number of nitrogens with two attached hydrogens (primary N) is 1. The predicted octanol–water partition coefficient (Wildman–Crippen LogP) is 1.27. The lowest BCUT2D eigenvalue weighted by atomic mass is 9.97. The maximum Gasteiger partial charge on any atom is 0.326 e. The topological polar surface area (TPSA) is 67.2 Å². The van der Waals surface area contributed by atoms with Crippen molar-refractivity contribution in [2.45, 2.75) is 51.0 Å². The maximum absolute atomic E-state index is 10.4. The maximum atomic E-state index is 10.4. The highest BCUT2D eigenvalue weighted by atomic mass is 16.2. The molecule has 0 aromatic carbocycles. The van der Waals surface area contributed by atoms with E-state index in [-0.39, 0.29) is 0 Å². The van der Waals surface area contributed by atoms with Crippen LogP contribution in [-0.4, -0.2) is 12.1 Å². The number of nitrogens with one attached hydrogen (secondary N) is 2. The van der Waals surface area contributed by atoms with E-state index < -0.39 is 6.03 Å². The first-order chi connectivity index (χ1) is 6.29. The van der Waals surface area contributed by atoms with Gasteiger partial charge in [0.05, 0.1) is 0 Å². The molecule has 0 spiro atoms. The molecule has 0 aromatic rings. The molecular weight excluding hydrogens is 166 g/mol. The Morgan fingerprint density at radius 3 is 2.15 bits per heavy atom. The summed E-state index contributed by atoms with van der Waals surface area (Å²) in [4.78, 5) is 10.4. The van der Waals surface area contributed by atoms with Crippen molar-refractivity contribution >= 4 is 6.03 Å². The third kappa shape index (κ3) is 4.72. The molecule has 1 aliphatic carbocycles. The first kappa shape index (κ1) is 10.3. The Balaban J connectivity index is 2.17. The zero-order chi connectivity index (χ0) is 9.52. The minimum absolute atomic E-state index is 0.410. The van der Waals surface area contributed by atoms with Gasteiger partial charge in [-0.25, -0.2) is 10.2 Å². The molecule has 1 saturated carbocycles. The second-order valence-corrected chi connectivity index (χ2v) is 3.68. The van der Waals surface area contributed by atoms with Crippen LogP contribution in [0.5, 0.6) is 0 Å². The first-order valence-electron chi connectivity index (χ1n) is 5.10. The highest BCUT2D eigenvalue weighted by Gasteiger charge is 2.10. The average molecular weight is 185 g/mol. The molecule has 4 heteroatoms. The Labute approximate surface area is 79.2 Å². The van der Waals surface area contributed by atoms with Crippen molar-refractivity contribution in [1.82, 2.24) is 10.9 Å². The van der Waals surface area contributed by atoms with E-state index in [9.17, 15) is 4.79 Å². The fourth-order valence-corrected chi connectivity index (χ4v) is 1.77. The first-order valence-corrected chi connectivity index (χ1v) is 5.10. The van der Waals surface area contributed by atoms with Crippen LogP contribution in [0.4, 0.5) is 4.79 Å². The van der Waals surface area contributed by atoms with Gasteiger partial charge in [-0.1, -0.05) is 32.1 Å². The monoisotopic (exact) mass is 185 g/mol. The lowest BCUT2D eigenvalue weighted by Gasteiger charge is -2.20. The molecular formula is C9H19N3O. The van der Waals surface area contributed by atoms with E-state index in [0.717, 1.165) is 12.8 Å². The van der Waals surface area contributed by atoms with Crippen molar-refractivity contribution in [2.24, 2.45) is 5.73 Å². The number of urea groups is 1. The van der Waals surface area contributed by atoms with Crippen LogP contribution in [-0.2, 0) is 0 Å². The summed E-state index contributed by atoms with van der Waals surface area (Å²) in [6.07, 6.45) is 8.76. The number of rotatable bonds is 2.